The lowest BCUT2D eigenvalue weighted by atomic mass is 10.1. The zero-order valence-corrected chi connectivity index (χ0v) is 15.5. The summed E-state index contributed by atoms with van der Waals surface area (Å²) in [5.74, 6) is -1.51. The van der Waals surface area contributed by atoms with Gasteiger partial charge in [0.1, 0.15) is 0 Å². The second kappa shape index (κ2) is 9.99. The molecule has 0 aromatic carbocycles. The van der Waals surface area contributed by atoms with Crippen molar-refractivity contribution in [3.8, 4) is 0 Å². The minimum atomic E-state index is -0.953. The van der Waals surface area contributed by atoms with E-state index in [0.29, 0.717) is 27.5 Å². The molecule has 0 saturated heterocycles. The summed E-state index contributed by atoms with van der Waals surface area (Å²) in [7, 11) is 5.47. The van der Waals surface area contributed by atoms with Gasteiger partial charge in [-0.25, -0.2) is 14.6 Å². The molecule has 6 N–H and O–H groups in total. The Morgan fingerprint density at radius 3 is 2.30 bits per heavy atom. The quantitative estimate of drug-likeness (QED) is 0.258. The minimum absolute atomic E-state index is 0. The Kier molecular flexibility index (Phi) is 10.5. The van der Waals surface area contributed by atoms with Gasteiger partial charge in [0.25, 0.3) is 0 Å². The SMILES string of the molecule is C[N+](C)(C)[C@@H](Cc1cnc(SCC([NH3+])C(=O)O)[nH]1)C(=O)O.[Cl-].[Cl-]. The number of halogens is 2. The molecule has 1 heterocycles. The number of carboxylic acid groups (broad SMARTS) is 2. The average Bonchev–Trinajstić information content (AvgIpc) is 2.78. The highest BCUT2D eigenvalue weighted by Gasteiger charge is 2.32. The van der Waals surface area contributed by atoms with E-state index in [1.54, 1.807) is 6.20 Å². The van der Waals surface area contributed by atoms with E-state index >= 15 is 0 Å². The molecule has 0 fully saturated rings. The van der Waals surface area contributed by atoms with Crippen molar-refractivity contribution >= 4 is 23.7 Å². The minimum Gasteiger partial charge on any atom is -1.00 e. The first-order chi connectivity index (χ1) is 9.61. The summed E-state index contributed by atoms with van der Waals surface area (Å²) in [4.78, 5) is 29.2. The third-order valence-electron chi connectivity index (χ3n) is 3.01. The molecule has 0 amide bonds. The summed E-state index contributed by atoms with van der Waals surface area (Å²) in [5.41, 5.74) is 4.24. The number of nitrogens with one attached hydrogen (secondary N) is 1. The predicted molar refractivity (Wildman–Crippen MR) is 76.8 cm³/mol. The smallest absolute Gasteiger partial charge is 0.363 e. The molecule has 0 aliphatic carbocycles. The van der Waals surface area contributed by atoms with Gasteiger partial charge >= 0.3 is 11.9 Å². The zero-order chi connectivity index (χ0) is 16.2. The molecule has 0 spiro atoms. The molecule has 2 atom stereocenters. The summed E-state index contributed by atoms with van der Waals surface area (Å²) in [6, 6.07) is -1.29. The van der Waals surface area contributed by atoms with Crippen molar-refractivity contribution < 1.29 is 54.8 Å². The van der Waals surface area contributed by atoms with Crippen LogP contribution in [0, 0.1) is 0 Å². The van der Waals surface area contributed by atoms with E-state index in [2.05, 4.69) is 15.7 Å². The van der Waals surface area contributed by atoms with Crippen LogP contribution in [0.5, 0.6) is 0 Å². The first kappa shape index (κ1) is 24.3. The molecule has 1 rings (SSSR count). The van der Waals surface area contributed by atoms with Crippen LogP contribution >= 0.6 is 11.8 Å². The Morgan fingerprint density at radius 1 is 1.30 bits per heavy atom. The van der Waals surface area contributed by atoms with Crippen molar-refractivity contribution in [1.82, 2.24) is 9.97 Å². The molecule has 0 aliphatic rings. The Bertz CT molecular complexity index is 521. The summed E-state index contributed by atoms with van der Waals surface area (Å²) >= 11 is 1.26. The van der Waals surface area contributed by atoms with Gasteiger partial charge in [-0.15, -0.1) is 0 Å². The first-order valence-corrected chi connectivity index (χ1v) is 7.36. The highest BCUT2D eigenvalue weighted by molar-refractivity contribution is 7.99. The van der Waals surface area contributed by atoms with Crippen LogP contribution in [0.25, 0.3) is 0 Å². The molecule has 0 radical (unpaired) electrons. The Hall–Kier alpha value is -1.00. The van der Waals surface area contributed by atoms with Crippen LogP contribution in [0.15, 0.2) is 11.4 Å². The number of thioether (sulfide) groups is 1. The molecule has 0 bridgehead atoms. The Balaban J connectivity index is 0. The maximum atomic E-state index is 11.3. The van der Waals surface area contributed by atoms with Gasteiger partial charge in [0, 0.05) is 11.9 Å². The topological polar surface area (TPSA) is 131 Å². The second-order valence-corrected chi connectivity index (χ2v) is 6.74. The van der Waals surface area contributed by atoms with Crippen molar-refractivity contribution in [2.24, 2.45) is 0 Å². The molecule has 11 heteroatoms. The van der Waals surface area contributed by atoms with Crippen LogP contribution in [-0.4, -0.2) is 75.6 Å². The standard InChI is InChI=1S/C12H20N4O4S.2ClH/c1-16(2,3)9(11(19)20)4-7-5-14-12(15-7)21-6-8(13)10(17)18;;/h5,8-9H,4,6,13H2,1-3H3,(H2-,14,15,17,18,19,20);2*1H/t8?,9-;;/m0../s1. The Labute approximate surface area is 151 Å². The highest BCUT2D eigenvalue weighted by Crippen LogP contribution is 2.17. The fourth-order valence-corrected chi connectivity index (χ4v) is 2.50. The number of carbonyl (C=O) groups is 2. The number of hydrogen-bond acceptors (Lipinski definition) is 4. The maximum Gasteiger partial charge on any atom is 0.363 e. The van der Waals surface area contributed by atoms with Gasteiger partial charge < -0.3 is 50.2 Å². The van der Waals surface area contributed by atoms with Crippen LogP contribution in [0.3, 0.4) is 0 Å². The number of carboxylic acids is 2. The van der Waals surface area contributed by atoms with Crippen LogP contribution in [0.2, 0.25) is 0 Å². The number of quaternary nitrogens is 2. The second-order valence-electron chi connectivity index (χ2n) is 5.73. The molecular formula is C12H22Cl2N4O4S. The molecule has 1 unspecified atom stereocenters. The Morgan fingerprint density at radius 2 is 1.87 bits per heavy atom. The van der Waals surface area contributed by atoms with E-state index in [4.69, 9.17) is 5.11 Å². The summed E-state index contributed by atoms with van der Waals surface area (Å²) in [5, 5.41) is 18.6. The number of nitrogens with zero attached hydrogens (tertiary/aromatic N) is 2. The highest BCUT2D eigenvalue weighted by atomic mass is 35.5. The van der Waals surface area contributed by atoms with Crippen molar-refractivity contribution in [3.63, 3.8) is 0 Å². The number of aromatic nitrogens is 2. The van der Waals surface area contributed by atoms with Gasteiger partial charge in [-0.2, -0.15) is 0 Å². The summed E-state index contributed by atoms with van der Waals surface area (Å²) in [6.07, 6.45) is 1.92. The molecule has 1 aromatic rings. The van der Waals surface area contributed by atoms with Crippen molar-refractivity contribution in [2.45, 2.75) is 23.7 Å². The van der Waals surface area contributed by atoms with Crippen LogP contribution in [0.4, 0.5) is 0 Å². The van der Waals surface area contributed by atoms with Crippen LogP contribution in [0.1, 0.15) is 5.69 Å². The van der Waals surface area contributed by atoms with E-state index in [1.807, 2.05) is 21.1 Å². The lowest BCUT2D eigenvalue weighted by Crippen LogP contribution is -3.00. The third-order valence-corrected chi connectivity index (χ3v) is 4.06. The fourth-order valence-electron chi connectivity index (χ4n) is 1.67. The summed E-state index contributed by atoms with van der Waals surface area (Å²) < 4.78 is 0.302. The van der Waals surface area contributed by atoms with Gasteiger partial charge in [-0.1, -0.05) is 11.8 Å². The van der Waals surface area contributed by atoms with Gasteiger partial charge in [-0.05, 0) is 0 Å². The summed E-state index contributed by atoms with van der Waals surface area (Å²) in [6.45, 7) is 0. The molecule has 0 aliphatic heterocycles. The van der Waals surface area contributed by atoms with E-state index in [9.17, 15) is 14.7 Å². The van der Waals surface area contributed by atoms with Gasteiger partial charge in [0.2, 0.25) is 0 Å². The number of imidazole rings is 1. The maximum absolute atomic E-state index is 11.3. The van der Waals surface area contributed by atoms with E-state index in [-0.39, 0.29) is 24.8 Å². The number of H-pyrrole nitrogens is 1. The third kappa shape index (κ3) is 7.89. The van der Waals surface area contributed by atoms with Crippen LogP contribution < -0.4 is 30.5 Å². The lowest BCUT2D eigenvalue weighted by Gasteiger charge is -2.30. The number of rotatable bonds is 8. The van der Waals surface area contributed by atoms with E-state index in [1.165, 1.54) is 11.8 Å². The number of likely N-dealkylation sites (N-methyl/N-ethyl adjacent to an activating group) is 1. The lowest BCUT2D eigenvalue weighted by molar-refractivity contribution is -0.887. The first-order valence-electron chi connectivity index (χ1n) is 6.37. The van der Waals surface area contributed by atoms with E-state index in [0.717, 1.165) is 0 Å². The number of aromatic amines is 1. The number of aliphatic carboxylic acids is 2. The van der Waals surface area contributed by atoms with Gasteiger partial charge in [-0.3, -0.25) is 0 Å². The van der Waals surface area contributed by atoms with Gasteiger partial charge in [0.05, 0.1) is 33.3 Å². The molecule has 0 saturated carbocycles. The number of hydrogen-bond donors (Lipinski definition) is 4. The molecule has 1 aromatic heterocycles. The zero-order valence-electron chi connectivity index (χ0n) is 13.1. The van der Waals surface area contributed by atoms with E-state index < -0.39 is 24.0 Å². The fraction of sp³-hybridized carbons (Fsp3) is 0.583. The predicted octanol–water partition coefficient (Wildman–Crippen LogP) is -7.09. The molecular weight excluding hydrogens is 367 g/mol. The van der Waals surface area contributed by atoms with Crippen molar-refractivity contribution in [3.05, 3.63) is 11.9 Å². The van der Waals surface area contributed by atoms with Crippen molar-refractivity contribution in [1.29, 1.82) is 0 Å². The van der Waals surface area contributed by atoms with Crippen LogP contribution in [-0.2, 0) is 16.0 Å². The molecule has 23 heavy (non-hydrogen) atoms. The average molecular weight is 389 g/mol. The molecule has 8 nitrogen and oxygen atoms in total. The van der Waals surface area contributed by atoms with Gasteiger partial charge in [0.15, 0.2) is 17.2 Å². The van der Waals surface area contributed by atoms with Crippen molar-refractivity contribution in [2.75, 3.05) is 26.9 Å². The normalized spacial score (nSPS) is 13.4. The molecule has 134 valence electrons. The monoisotopic (exact) mass is 388 g/mol. The largest absolute Gasteiger partial charge is 1.00 e.